The number of anilines is 2. The average molecular weight is 411 g/mol. The maximum atomic E-state index is 12.4. The fourth-order valence-electron chi connectivity index (χ4n) is 5.06. The van der Waals surface area contributed by atoms with Crippen LogP contribution in [0.3, 0.4) is 0 Å². The molecule has 0 unspecified atom stereocenters. The van der Waals surface area contributed by atoms with Gasteiger partial charge >= 0.3 is 0 Å². The van der Waals surface area contributed by atoms with E-state index in [4.69, 9.17) is 0 Å². The minimum absolute atomic E-state index is 0.0731. The first-order chi connectivity index (χ1) is 14.5. The van der Waals surface area contributed by atoms with Crippen molar-refractivity contribution in [2.24, 2.45) is 0 Å². The number of benzene rings is 1. The highest BCUT2D eigenvalue weighted by Gasteiger charge is 2.36. The smallest absolute Gasteiger partial charge is 0.253 e. The molecule has 2 aromatic carbocycles. The Balaban J connectivity index is 1.39. The van der Waals surface area contributed by atoms with E-state index < -0.39 is 0 Å². The lowest BCUT2D eigenvalue weighted by molar-refractivity contribution is 0.113. The third kappa shape index (κ3) is 4.16. The second-order valence-electron chi connectivity index (χ2n) is 9.16. The number of piperazine rings is 1. The van der Waals surface area contributed by atoms with Gasteiger partial charge in [0.05, 0.1) is 0 Å². The van der Waals surface area contributed by atoms with Gasteiger partial charge in [0.1, 0.15) is 11.4 Å². The number of likely N-dealkylation sites (N-methyl/N-ethyl adjacent to an activating group) is 1. The molecule has 0 atom stereocenters. The highest BCUT2D eigenvalue weighted by molar-refractivity contribution is 5.75. The van der Waals surface area contributed by atoms with Crippen LogP contribution in [0.2, 0.25) is 0 Å². The molecule has 1 heterocycles. The maximum Gasteiger partial charge on any atom is 0.253 e. The molecule has 1 saturated carbocycles. The lowest BCUT2D eigenvalue weighted by Gasteiger charge is -2.44. The van der Waals surface area contributed by atoms with Gasteiger partial charge in [0.2, 0.25) is 0 Å². The molecule has 30 heavy (non-hydrogen) atoms. The molecule has 2 aromatic rings. The Morgan fingerprint density at radius 3 is 2.23 bits per heavy atom. The number of nitrogens with zero attached hydrogens (tertiary/aromatic N) is 3. The molecule has 1 aliphatic carbocycles. The minimum Gasteiger partial charge on any atom is -0.378 e. The summed E-state index contributed by atoms with van der Waals surface area (Å²) in [6.45, 7) is 5.02. The van der Waals surface area contributed by atoms with E-state index in [1.165, 1.54) is 24.8 Å². The Hall–Kier alpha value is -2.18. The molecule has 6 heteroatoms. The first-order valence-corrected chi connectivity index (χ1v) is 11.3. The molecule has 1 aliphatic heterocycles. The lowest BCUT2D eigenvalue weighted by atomic mass is 9.80. The van der Waals surface area contributed by atoms with Crippen LogP contribution in [-0.4, -0.2) is 62.2 Å². The number of hydrogen-bond acceptors (Lipinski definition) is 6. The van der Waals surface area contributed by atoms with Crippen molar-refractivity contribution >= 4 is 11.4 Å². The van der Waals surface area contributed by atoms with E-state index in [0.717, 1.165) is 52.1 Å². The quantitative estimate of drug-likeness (QED) is 0.707. The number of nitrogens with one attached hydrogen (secondary N) is 1. The van der Waals surface area contributed by atoms with Crippen molar-refractivity contribution in [3.05, 3.63) is 56.3 Å². The Kier molecular flexibility index (Phi) is 6.25. The molecule has 1 saturated heterocycles. The van der Waals surface area contributed by atoms with Gasteiger partial charge in [0.25, 0.3) is 10.9 Å². The Morgan fingerprint density at radius 1 is 0.933 bits per heavy atom. The summed E-state index contributed by atoms with van der Waals surface area (Å²) in [6, 6.07) is 10.5. The normalized spacial score (nSPS) is 20.0. The molecule has 0 spiro atoms. The number of rotatable bonds is 7. The van der Waals surface area contributed by atoms with Crippen LogP contribution < -0.4 is 21.1 Å². The summed E-state index contributed by atoms with van der Waals surface area (Å²) >= 11 is 0. The monoisotopic (exact) mass is 410 g/mol. The van der Waals surface area contributed by atoms with Crippen molar-refractivity contribution < 1.29 is 0 Å². The highest BCUT2D eigenvalue weighted by Crippen LogP contribution is 2.33. The third-order valence-electron chi connectivity index (χ3n) is 7.15. The van der Waals surface area contributed by atoms with Crippen molar-refractivity contribution in [1.82, 2.24) is 9.80 Å². The average Bonchev–Trinajstić information content (AvgIpc) is 2.78. The molecule has 2 fully saturated rings. The van der Waals surface area contributed by atoms with Crippen LogP contribution in [0.25, 0.3) is 0 Å². The molecular weight excluding hydrogens is 376 g/mol. The van der Waals surface area contributed by atoms with E-state index in [9.17, 15) is 9.59 Å². The van der Waals surface area contributed by atoms with Crippen molar-refractivity contribution in [3.8, 4) is 0 Å². The van der Waals surface area contributed by atoms with Crippen molar-refractivity contribution in [3.63, 3.8) is 0 Å². The van der Waals surface area contributed by atoms with E-state index >= 15 is 0 Å². The zero-order chi connectivity index (χ0) is 21.1. The van der Waals surface area contributed by atoms with Crippen LogP contribution in [0.1, 0.15) is 37.7 Å². The Morgan fingerprint density at radius 2 is 1.60 bits per heavy atom. The van der Waals surface area contributed by atoms with Gasteiger partial charge in [0, 0.05) is 44.8 Å². The molecule has 6 nitrogen and oxygen atoms in total. The summed E-state index contributed by atoms with van der Waals surface area (Å²) < 4.78 is 0. The van der Waals surface area contributed by atoms with Gasteiger partial charge < -0.3 is 15.1 Å². The highest BCUT2D eigenvalue weighted by atomic mass is 16.2. The van der Waals surface area contributed by atoms with Gasteiger partial charge in [-0.05, 0) is 32.5 Å². The summed E-state index contributed by atoms with van der Waals surface area (Å²) in [4.78, 5) is 31.6. The van der Waals surface area contributed by atoms with Gasteiger partial charge in [-0.3, -0.25) is 14.5 Å². The molecule has 0 aromatic heterocycles. The molecule has 2 aliphatic rings. The second-order valence-corrected chi connectivity index (χ2v) is 9.16. The van der Waals surface area contributed by atoms with Crippen molar-refractivity contribution in [2.75, 3.05) is 57.0 Å². The van der Waals surface area contributed by atoms with Crippen LogP contribution in [0.15, 0.2) is 39.9 Å². The van der Waals surface area contributed by atoms with E-state index in [1.807, 2.05) is 6.07 Å². The van der Waals surface area contributed by atoms with Gasteiger partial charge in [-0.2, -0.15) is 0 Å². The van der Waals surface area contributed by atoms with E-state index in [0.29, 0.717) is 11.4 Å². The Labute approximate surface area is 179 Å². The van der Waals surface area contributed by atoms with Crippen LogP contribution in [0.4, 0.5) is 11.4 Å². The molecule has 162 valence electrons. The third-order valence-corrected chi connectivity index (χ3v) is 7.15. The van der Waals surface area contributed by atoms with Gasteiger partial charge in [-0.1, -0.05) is 49.6 Å². The topological polar surface area (TPSA) is 55.9 Å². The Bertz CT molecular complexity index is 903. The minimum atomic E-state index is -0.346. The zero-order valence-electron chi connectivity index (χ0n) is 18.3. The lowest BCUT2D eigenvalue weighted by Crippen LogP contribution is -2.54. The predicted molar refractivity (Wildman–Crippen MR) is 123 cm³/mol. The van der Waals surface area contributed by atoms with E-state index in [-0.39, 0.29) is 16.4 Å². The largest absolute Gasteiger partial charge is 0.378 e. The first kappa shape index (κ1) is 21.1. The van der Waals surface area contributed by atoms with Gasteiger partial charge in [-0.15, -0.1) is 0 Å². The fraction of sp³-hybridized carbons (Fsp3) is 0.583. The summed E-state index contributed by atoms with van der Waals surface area (Å²) in [5, 5.41) is 3.40. The van der Waals surface area contributed by atoms with Crippen molar-refractivity contribution in [2.45, 2.75) is 44.2 Å². The van der Waals surface area contributed by atoms with Crippen LogP contribution >= 0.6 is 0 Å². The SMILES string of the molecule is CN(C)C1(CNc2c(N3CCN(Cc4ccccc4)CC3)c(=O)c2=O)CCCCC1. The summed E-state index contributed by atoms with van der Waals surface area (Å²) in [5.41, 5.74) is 1.87. The summed E-state index contributed by atoms with van der Waals surface area (Å²) in [6.07, 6.45) is 6.00. The predicted octanol–water partition coefficient (Wildman–Crippen LogP) is 2.28. The van der Waals surface area contributed by atoms with Crippen LogP contribution in [-0.2, 0) is 6.54 Å². The molecule has 0 radical (unpaired) electrons. The standard InChI is InChI=1S/C24H34N4O2/c1-26(2)24(11-7-4-8-12-24)18-25-20-21(23(30)22(20)29)28-15-13-27(14-16-28)17-19-9-5-3-6-10-19/h3,5-6,9-10,25H,4,7-8,11-18H2,1-2H3. The van der Waals surface area contributed by atoms with Gasteiger partial charge in [0.15, 0.2) is 0 Å². The van der Waals surface area contributed by atoms with Crippen LogP contribution in [0, 0.1) is 0 Å². The molecule has 0 bridgehead atoms. The first-order valence-electron chi connectivity index (χ1n) is 11.3. The number of hydrogen-bond donors (Lipinski definition) is 1. The molecule has 1 N–H and O–H groups in total. The van der Waals surface area contributed by atoms with Crippen molar-refractivity contribution in [1.29, 1.82) is 0 Å². The summed E-state index contributed by atoms with van der Waals surface area (Å²) in [7, 11) is 4.25. The summed E-state index contributed by atoms with van der Waals surface area (Å²) in [5.74, 6) is 0. The molecular formula is C24H34N4O2. The molecule has 4 rings (SSSR count). The van der Waals surface area contributed by atoms with E-state index in [2.05, 4.69) is 58.4 Å². The maximum absolute atomic E-state index is 12.4. The van der Waals surface area contributed by atoms with Gasteiger partial charge in [-0.25, -0.2) is 0 Å². The second kappa shape index (κ2) is 8.90. The van der Waals surface area contributed by atoms with Crippen LogP contribution in [0.5, 0.6) is 0 Å². The molecule has 0 amide bonds. The zero-order valence-corrected chi connectivity index (χ0v) is 18.3. The van der Waals surface area contributed by atoms with E-state index in [1.54, 1.807) is 0 Å². The fourth-order valence-corrected chi connectivity index (χ4v) is 5.06.